The van der Waals surface area contributed by atoms with Crippen LogP contribution in [0.5, 0.6) is 11.5 Å². The molecule has 0 atom stereocenters. The molecule has 0 radical (unpaired) electrons. The van der Waals surface area contributed by atoms with Gasteiger partial charge >= 0.3 is 11.7 Å². The summed E-state index contributed by atoms with van der Waals surface area (Å²) in [5.74, 6) is -0.267. The largest absolute Gasteiger partial charge is 0.493 e. The topological polar surface area (TPSA) is 111 Å². The maximum atomic E-state index is 12.7. The zero-order valence-corrected chi connectivity index (χ0v) is 14.1. The van der Waals surface area contributed by atoms with Crippen LogP contribution in [0, 0.1) is 0 Å². The van der Waals surface area contributed by atoms with E-state index in [1.807, 2.05) is 0 Å². The Labute approximate surface area is 147 Å². The van der Waals surface area contributed by atoms with Gasteiger partial charge in [0.25, 0.3) is 5.56 Å². The second kappa shape index (κ2) is 6.75. The molecule has 26 heavy (non-hydrogen) atoms. The van der Waals surface area contributed by atoms with E-state index in [0.717, 1.165) is 4.57 Å². The second-order valence-corrected chi connectivity index (χ2v) is 5.58. The molecule has 0 bridgehead atoms. The molecule has 1 aromatic heterocycles. The van der Waals surface area contributed by atoms with E-state index in [-0.39, 0.29) is 17.5 Å². The molecular formula is C18H16N2O6. The zero-order chi connectivity index (χ0) is 18.8. The van der Waals surface area contributed by atoms with Crippen molar-refractivity contribution in [2.45, 2.75) is 6.54 Å². The van der Waals surface area contributed by atoms with Gasteiger partial charge < -0.3 is 19.6 Å². The number of aromatic amines is 1. The number of fused-ring (bicyclic) bond motifs is 1. The molecule has 0 fully saturated rings. The van der Waals surface area contributed by atoms with Gasteiger partial charge in [-0.2, -0.15) is 0 Å². The molecule has 0 aliphatic carbocycles. The van der Waals surface area contributed by atoms with Gasteiger partial charge in [0, 0.05) is 6.07 Å². The summed E-state index contributed by atoms with van der Waals surface area (Å²) in [7, 11) is 2.92. The number of ether oxygens (including phenoxy) is 2. The number of aromatic carboxylic acids is 1. The van der Waals surface area contributed by atoms with Crippen LogP contribution in [0.15, 0.2) is 46.0 Å². The number of benzene rings is 2. The van der Waals surface area contributed by atoms with Crippen LogP contribution in [0.2, 0.25) is 0 Å². The number of methoxy groups -OCH3 is 2. The van der Waals surface area contributed by atoms with Gasteiger partial charge in [0.05, 0.1) is 37.2 Å². The first-order valence-electron chi connectivity index (χ1n) is 7.65. The average Bonchev–Trinajstić information content (AvgIpc) is 2.64. The number of nitrogens with one attached hydrogen (secondary N) is 1. The minimum absolute atomic E-state index is 0.0123. The molecule has 0 amide bonds. The maximum absolute atomic E-state index is 12.7. The molecule has 0 aliphatic heterocycles. The molecule has 1 heterocycles. The van der Waals surface area contributed by atoms with Crippen molar-refractivity contribution in [3.63, 3.8) is 0 Å². The number of rotatable bonds is 5. The predicted molar refractivity (Wildman–Crippen MR) is 94.4 cm³/mol. The fourth-order valence-corrected chi connectivity index (χ4v) is 2.66. The molecule has 3 aromatic rings. The number of hydrogen-bond donors (Lipinski definition) is 2. The number of H-pyrrole nitrogens is 1. The second-order valence-electron chi connectivity index (χ2n) is 5.58. The van der Waals surface area contributed by atoms with Crippen molar-refractivity contribution < 1.29 is 19.4 Å². The van der Waals surface area contributed by atoms with Gasteiger partial charge in [-0.15, -0.1) is 0 Å². The number of carboxylic acid groups (broad SMARTS) is 1. The zero-order valence-electron chi connectivity index (χ0n) is 14.1. The lowest BCUT2D eigenvalue weighted by atomic mass is 10.1. The van der Waals surface area contributed by atoms with E-state index in [2.05, 4.69) is 4.98 Å². The Balaban J connectivity index is 2.10. The third-order valence-electron chi connectivity index (χ3n) is 4.03. The molecule has 2 N–H and O–H groups in total. The highest BCUT2D eigenvalue weighted by Gasteiger charge is 2.13. The Hall–Kier alpha value is -3.55. The van der Waals surface area contributed by atoms with Gasteiger partial charge in [0.15, 0.2) is 11.5 Å². The van der Waals surface area contributed by atoms with Gasteiger partial charge in [-0.05, 0) is 23.8 Å². The highest BCUT2D eigenvalue weighted by Crippen LogP contribution is 2.29. The average molecular weight is 356 g/mol. The highest BCUT2D eigenvalue weighted by molar-refractivity contribution is 5.87. The summed E-state index contributed by atoms with van der Waals surface area (Å²) in [6, 6.07) is 9.01. The maximum Gasteiger partial charge on any atom is 0.335 e. The quantitative estimate of drug-likeness (QED) is 0.716. The van der Waals surface area contributed by atoms with Crippen LogP contribution in [0.4, 0.5) is 0 Å². The Morgan fingerprint density at radius 3 is 2.27 bits per heavy atom. The lowest BCUT2D eigenvalue weighted by molar-refractivity contribution is 0.0697. The highest BCUT2D eigenvalue weighted by atomic mass is 16.5. The molecule has 0 spiro atoms. The van der Waals surface area contributed by atoms with Crippen molar-refractivity contribution in [2.24, 2.45) is 0 Å². The monoisotopic (exact) mass is 356 g/mol. The molecule has 0 unspecified atom stereocenters. The Kier molecular flexibility index (Phi) is 4.49. The van der Waals surface area contributed by atoms with Gasteiger partial charge in [0.2, 0.25) is 0 Å². The van der Waals surface area contributed by atoms with Crippen molar-refractivity contribution in [2.75, 3.05) is 14.2 Å². The predicted octanol–water partition coefficient (Wildman–Crippen LogP) is 1.45. The lowest BCUT2D eigenvalue weighted by Crippen LogP contribution is -2.35. The van der Waals surface area contributed by atoms with E-state index in [4.69, 9.17) is 14.6 Å². The SMILES string of the molecule is COc1cc2[nH]c(=O)n(Cc3ccc(C(=O)O)cc3)c(=O)c2cc1OC. The molecule has 3 rings (SSSR count). The van der Waals surface area contributed by atoms with Gasteiger partial charge in [-0.25, -0.2) is 9.59 Å². The molecule has 8 nitrogen and oxygen atoms in total. The van der Waals surface area contributed by atoms with E-state index in [1.54, 1.807) is 12.1 Å². The van der Waals surface area contributed by atoms with Crippen LogP contribution in [-0.4, -0.2) is 34.8 Å². The smallest absolute Gasteiger partial charge is 0.335 e. The van der Waals surface area contributed by atoms with Gasteiger partial charge in [-0.3, -0.25) is 9.36 Å². The van der Waals surface area contributed by atoms with Crippen LogP contribution in [-0.2, 0) is 6.54 Å². The summed E-state index contributed by atoms with van der Waals surface area (Å²) in [6.45, 7) is 0.0123. The minimum atomic E-state index is -1.04. The summed E-state index contributed by atoms with van der Waals surface area (Å²) in [6.07, 6.45) is 0. The number of carboxylic acids is 1. The van der Waals surface area contributed by atoms with Crippen molar-refractivity contribution in [3.8, 4) is 11.5 Å². The van der Waals surface area contributed by atoms with Crippen molar-refractivity contribution in [1.29, 1.82) is 0 Å². The van der Waals surface area contributed by atoms with E-state index in [9.17, 15) is 14.4 Å². The van der Waals surface area contributed by atoms with Crippen LogP contribution >= 0.6 is 0 Å². The van der Waals surface area contributed by atoms with E-state index < -0.39 is 17.2 Å². The van der Waals surface area contributed by atoms with E-state index >= 15 is 0 Å². The first kappa shape index (κ1) is 17.3. The Morgan fingerprint density at radius 2 is 1.69 bits per heavy atom. The number of hydrogen-bond acceptors (Lipinski definition) is 5. The molecule has 134 valence electrons. The standard InChI is InChI=1S/C18H16N2O6/c1-25-14-7-12-13(8-15(14)26-2)19-18(24)20(16(12)21)9-10-3-5-11(6-4-10)17(22)23/h3-8H,9H2,1-2H3,(H,19,24)(H,22,23). The third kappa shape index (κ3) is 3.04. The van der Waals surface area contributed by atoms with Crippen molar-refractivity contribution >= 4 is 16.9 Å². The van der Waals surface area contributed by atoms with Crippen LogP contribution in [0.25, 0.3) is 10.9 Å². The van der Waals surface area contributed by atoms with Crippen molar-refractivity contribution in [3.05, 3.63) is 68.4 Å². The summed E-state index contributed by atoms with van der Waals surface area (Å²) in [5.41, 5.74) is 0.0481. The van der Waals surface area contributed by atoms with Gasteiger partial charge in [0.1, 0.15) is 0 Å². The summed E-state index contributed by atoms with van der Waals surface area (Å²) in [5, 5.41) is 9.21. The van der Waals surface area contributed by atoms with E-state index in [0.29, 0.717) is 22.6 Å². The third-order valence-corrected chi connectivity index (χ3v) is 4.03. The molecular weight excluding hydrogens is 340 g/mol. The van der Waals surface area contributed by atoms with Crippen LogP contribution < -0.4 is 20.7 Å². The van der Waals surface area contributed by atoms with Gasteiger partial charge in [-0.1, -0.05) is 12.1 Å². The first-order chi connectivity index (χ1) is 12.4. The Morgan fingerprint density at radius 1 is 1.08 bits per heavy atom. The number of aromatic nitrogens is 2. The summed E-state index contributed by atoms with van der Waals surface area (Å²) in [4.78, 5) is 38.6. The fourth-order valence-electron chi connectivity index (χ4n) is 2.66. The van der Waals surface area contributed by atoms with E-state index in [1.165, 1.54) is 38.5 Å². The molecule has 8 heteroatoms. The fraction of sp³-hybridized carbons (Fsp3) is 0.167. The molecule has 0 saturated carbocycles. The van der Waals surface area contributed by atoms with Crippen molar-refractivity contribution in [1.82, 2.24) is 9.55 Å². The molecule has 2 aromatic carbocycles. The lowest BCUT2D eigenvalue weighted by Gasteiger charge is -2.11. The summed E-state index contributed by atoms with van der Waals surface area (Å²) < 4.78 is 11.4. The first-order valence-corrected chi connectivity index (χ1v) is 7.65. The minimum Gasteiger partial charge on any atom is -0.493 e. The summed E-state index contributed by atoms with van der Waals surface area (Å²) >= 11 is 0. The molecule has 0 aliphatic rings. The van der Waals surface area contributed by atoms with Crippen LogP contribution in [0.3, 0.4) is 0 Å². The normalized spacial score (nSPS) is 10.7. The number of carbonyl (C=O) groups is 1. The molecule has 0 saturated heterocycles. The number of nitrogens with zero attached hydrogens (tertiary/aromatic N) is 1. The Bertz CT molecular complexity index is 1100. The van der Waals surface area contributed by atoms with Crippen LogP contribution in [0.1, 0.15) is 15.9 Å².